The van der Waals surface area contributed by atoms with Gasteiger partial charge < -0.3 is 15.5 Å². The fraction of sp³-hybridized carbons (Fsp3) is 0.333. The molecule has 0 spiro atoms. The molecule has 1 aromatic heterocycles. The van der Waals surface area contributed by atoms with Gasteiger partial charge in [0.25, 0.3) is 5.56 Å². The Labute approximate surface area is 163 Å². The van der Waals surface area contributed by atoms with Gasteiger partial charge in [-0.15, -0.1) is 0 Å². The number of H-pyrrole nitrogens is 1. The van der Waals surface area contributed by atoms with Crippen LogP contribution in [0.1, 0.15) is 30.7 Å². The van der Waals surface area contributed by atoms with Crippen LogP contribution in [0.4, 0.5) is 17.5 Å². The van der Waals surface area contributed by atoms with Crippen LogP contribution >= 0.6 is 15.9 Å². The van der Waals surface area contributed by atoms with E-state index in [1.807, 2.05) is 4.90 Å². The SMILES string of the molecule is O=C1C[C@H](C(=O)Nc2ccc(Br)cc2)c2c(nc(N3CCCC3)[nH]c2=O)N1. The van der Waals surface area contributed by atoms with Crippen LogP contribution in [0.2, 0.25) is 0 Å². The maximum atomic E-state index is 12.8. The first-order chi connectivity index (χ1) is 13.0. The summed E-state index contributed by atoms with van der Waals surface area (Å²) in [6.07, 6.45) is 1.97. The molecule has 140 valence electrons. The van der Waals surface area contributed by atoms with E-state index < -0.39 is 17.4 Å². The van der Waals surface area contributed by atoms with Crippen LogP contribution < -0.4 is 21.1 Å². The van der Waals surface area contributed by atoms with E-state index >= 15 is 0 Å². The van der Waals surface area contributed by atoms with Crippen molar-refractivity contribution in [3.63, 3.8) is 0 Å². The van der Waals surface area contributed by atoms with Crippen molar-refractivity contribution in [2.24, 2.45) is 0 Å². The van der Waals surface area contributed by atoms with Crippen molar-refractivity contribution in [1.29, 1.82) is 0 Å². The monoisotopic (exact) mass is 431 g/mol. The zero-order chi connectivity index (χ0) is 19.0. The highest BCUT2D eigenvalue weighted by Crippen LogP contribution is 2.30. The van der Waals surface area contributed by atoms with E-state index in [9.17, 15) is 14.4 Å². The number of anilines is 3. The van der Waals surface area contributed by atoms with Gasteiger partial charge >= 0.3 is 0 Å². The summed E-state index contributed by atoms with van der Waals surface area (Å²) in [6.45, 7) is 1.62. The van der Waals surface area contributed by atoms with Crippen molar-refractivity contribution in [2.75, 3.05) is 28.6 Å². The summed E-state index contributed by atoms with van der Waals surface area (Å²) in [5, 5.41) is 5.40. The average molecular weight is 432 g/mol. The molecule has 1 atom stereocenters. The summed E-state index contributed by atoms with van der Waals surface area (Å²) in [5.41, 5.74) is 0.402. The van der Waals surface area contributed by atoms with Crippen molar-refractivity contribution >= 4 is 45.2 Å². The van der Waals surface area contributed by atoms with Crippen molar-refractivity contribution in [1.82, 2.24) is 9.97 Å². The number of carbonyl (C=O) groups excluding carboxylic acids is 2. The number of hydrogen-bond acceptors (Lipinski definition) is 5. The predicted octanol–water partition coefficient (Wildman–Crippen LogP) is 2.20. The molecular weight excluding hydrogens is 414 g/mol. The number of rotatable bonds is 3. The van der Waals surface area contributed by atoms with Gasteiger partial charge in [-0.3, -0.25) is 19.4 Å². The molecule has 27 heavy (non-hydrogen) atoms. The highest BCUT2D eigenvalue weighted by molar-refractivity contribution is 9.10. The molecule has 3 N–H and O–H groups in total. The van der Waals surface area contributed by atoms with Crippen LogP contribution in [0.25, 0.3) is 0 Å². The Morgan fingerprint density at radius 2 is 1.89 bits per heavy atom. The van der Waals surface area contributed by atoms with E-state index in [1.165, 1.54) is 0 Å². The molecule has 4 rings (SSSR count). The van der Waals surface area contributed by atoms with Crippen molar-refractivity contribution in [3.8, 4) is 0 Å². The third kappa shape index (κ3) is 3.59. The molecule has 0 unspecified atom stereocenters. The lowest BCUT2D eigenvalue weighted by Gasteiger charge is -2.25. The second kappa shape index (κ2) is 7.15. The van der Waals surface area contributed by atoms with E-state index in [-0.39, 0.29) is 23.7 Å². The molecule has 0 aliphatic carbocycles. The number of nitrogens with one attached hydrogen (secondary N) is 3. The molecule has 1 aromatic carbocycles. The Morgan fingerprint density at radius 3 is 2.59 bits per heavy atom. The first-order valence-electron chi connectivity index (χ1n) is 8.77. The standard InChI is InChI=1S/C18H18BrN5O3/c19-10-3-5-11(6-4-10)20-16(26)12-9-13(25)21-15-14(12)17(27)23-18(22-15)24-7-1-2-8-24/h3-6,12H,1-2,7-9H2,(H,20,26)(H2,21,22,23,25,27)/t12-/m0/s1. The minimum Gasteiger partial charge on any atom is -0.342 e. The lowest BCUT2D eigenvalue weighted by Crippen LogP contribution is -2.37. The maximum Gasteiger partial charge on any atom is 0.258 e. The number of halogens is 1. The van der Waals surface area contributed by atoms with Gasteiger partial charge in [0.05, 0.1) is 11.5 Å². The van der Waals surface area contributed by atoms with E-state index in [0.29, 0.717) is 11.6 Å². The van der Waals surface area contributed by atoms with E-state index in [2.05, 4.69) is 36.5 Å². The van der Waals surface area contributed by atoms with Gasteiger partial charge in [-0.1, -0.05) is 15.9 Å². The van der Waals surface area contributed by atoms with Gasteiger partial charge in [-0.25, -0.2) is 0 Å². The lowest BCUT2D eigenvalue weighted by molar-refractivity contribution is -0.123. The van der Waals surface area contributed by atoms with E-state index in [4.69, 9.17) is 0 Å². The Kier molecular flexibility index (Phi) is 4.69. The summed E-state index contributed by atoms with van der Waals surface area (Å²) in [5.74, 6) is -1.02. The van der Waals surface area contributed by atoms with Crippen LogP contribution in [0.15, 0.2) is 33.5 Å². The smallest absolute Gasteiger partial charge is 0.258 e. The van der Waals surface area contributed by atoms with Crippen LogP contribution in [-0.4, -0.2) is 34.9 Å². The van der Waals surface area contributed by atoms with Crippen LogP contribution in [0.5, 0.6) is 0 Å². The normalized spacial score (nSPS) is 18.8. The van der Waals surface area contributed by atoms with Gasteiger partial charge in [0, 0.05) is 29.7 Å². The third-order valence-corrected chi connectivity index (χ3v) is 5.30. The molecule has 1 saturated heterocycles. The number of carbonyl (C=O) groups is 2. The Hall–Kier alpha value is -2.68. The molecule has 1 fully saturated rings. The molecular formula is C18H18BrN5O3. The number of nitrogens with zero attached hydrogens (tertiary/aromatic N) is 2. The number of fused-ring (bicyclic) bond motifs is 1. The summed E-state index contributed by atoms with van der Waals surface area (Å²) in [7, 11) is 0. The van der Waals surface area contributed by atoms with Crippen molar-refractivity contribution < 1.29 is 9.59 Å². The Bertz CT molecular complexity index is 950. The second-order valence-electron chi connectivity index (χ2n) is 6.65. The van der Waals surface area contributed by atoms with E-state index in [0.717, 1.165) is 30.4 Å². The summed E-state index contributed by atoms with van der Waals surface area (Å²) < 4.78 is 0.887. The van der Waals surface area contributed by atoms with Crippen molar-refractivity contribution in [2.45, 2.75) is 25.2 Å². The number of aromatic amines is 1. The highest BCUT2D eigenvalue weighted by atomic mass is 79.9. The van der Waals surface area contributed by atoms with Gasteiger partial charge in [-0.05, 0) is 37.1 Å². The quantitative estimate of drug-likeness (QED) is 0.690. The minimum absolute atomic E-state index is 0.0941. The van der Waals surface area contributed by atoms with Crippen LogP contribution in [-0.2, 0) is 9.59 Å². The number of aromatic nitrogens is 2. The predicted molar refractivity (Wildman–Crippen MR) is 105 cm³/mol. The first kappa shape index (κ1) is 17.7. The molecule has 2 aromatic rings. The molecule has 0 saturated carbocycles. The average Bonchev–Trinajstić information content (AvgIpc) is 3.17. The topological polar surface area (TPSA) is 107 Å². The van der Waals surface area contributed by atoms with Gasteiger partial charge in [0.2, 0.25) is 17.8 Å². The Morgan fingerprint density at radius 1 is 1.19 bits per heavy atom. The largest absolute Gasteiger partial charge is 0.342 e. The summed E-state index contributed by atoms with van der Waals surface area (Å²) in [6, 6.07) is 7.08. The number of amides is 2. The van der Waals surface area contributed by atoms with Gasteiger partial charge in [-0.2, -0.15) is 4.98 Å². The van der Waals surface area contributed by atoms with Crippen LogP contribution in [0, 0.1) is 0 Å². The molecule has 8 nitrogen and oxygen atoms in total. The lowest BCUT2D eigenvalue weighted by atomic mass is 9.92. The summed E-state index contributed by atoms with van der Waals surface area (Å²) >= 11 is 3.34. The third-order valence-electron chi connectivity index (χ3n) is 4.77. The second-order valence-corrected chi connectivity index (χ2v) is 7.56. The molecule has 2 amide bonds. The fourth-order valence-corrected chi connectivity index (χ4v) is 3.69. The first-order valence-corrected chi connectivity index (χ1v) is 9.56. The Balaban J connectivity index is 1.65. The van der Waals surface area contributed by atoms with Gasteiger partial charge in [0.1, 0.15) is 5.82 Å². The number of hydrogen-bond donors (Lipinski definition) is 3. The summed E-state index contributed by atoms with van der Waals surface area (Å²) in [4.78, 5) is 46.7. The van der Waals surface area contributed by atoms with E-state index in [1.54, 1.807) is 24.3 Å². The zero-order valence-corrected chi connectivity index (χ0v) is 16.0. The molecule has 2 aliphatic rings. The number of benzene rings is 1. The minimum atomic E-state index is -0.888. The molecule has 9 heteroatoms. The molecule has 3 heterocycles. The highest BCUT2D eigenvalue weighted by Gasteiger charge is 2.35. The van der Waals surface area contributed by atoms with Crippen molar-refractivity contribution in [3.05, 3.63) is 44.7 Å². The molecule has 2 aliphatic heterocycles. The maximum absolute atomic E-state index is 12.8. The molecule has 0 radical (unpaired) electrons. The zero-order valence-electron chi connectivity index (χ0n) is 14.4. The van der Waals surface area contributed by atoms with Gasteiger partial charge in [0.15, 0.2) is 0 Å². The fourth-order valence-electron chi connectivity index (χ4n) is 3.42. The van der Waals surface area contributed by atoms with Crippen LogP contribution in [0.3, 0.4) is 0 Å². The molecule has 0 bridgehead atoms.